The molecule has 0 aromatic rings. The molecule has 0 radical (unpaired) electrons. The van der Waals surface area contributed by atoms with Crippen molar-refractivity contribution < 1.29 is 48.3 Å². The van der Waals surface area contributed by atoms with Crippen LogP contribution in [0.3, 0.4) is 0 Å². The standard InChI is InChI=1S/C35H65N11O10/c1-7-20(4)29(35(55)56)45-27(49)17-39-25(47)16-41-34(54)28(19(2)3)46-31(51)22(6)42-26(48)18-40-32(52)23(12-8-10-14-36)44-33(53)24(13-9-11-15-37)43-30(50)21(5)38/h19-24,28-29H,7-18,36-38H2,1-6H3,(H,39,47)(H,40,52)(H,41,54)(H,42,48)(H,43,50)(H,44,53)(H,45,49)(H,46,51)(H,55,56)/t20-,21-,22-,23-,24-,28-,29-/m0/s1. The Morgan fingerprint density at radius 2 is 1.02 bits per heavy atom. The number of carbonyl (C=O) groups excluding carboxylic acids is 8. The van der Waals surface area contributed by atoms with Gasteiger partial charge in [0.25, 0.3) is 0 Å². The SMILES string of the molecule is CC[C@H](C)[C@H](NC(=O)CNC(=O)CNC(=O)[C@@H](NC(=O)[C@H](C)NC(=O)CNC(=O)[C@H](CCCCN)NC(=O)[C@H](CCCCN)NC(=O)[C@H](C)N)C(C)C)C(=O)O. The van der Waals surface area contributed by atoms with Crippen LogP contribution in [-0.4, -0.2) is 127 Å². The molecule has 0 aliphatic carbocycles. The predicted octanol–water partition coefficient (Wildman–Crippen LogP) is -3.83. The van der Waals surface area contributed by atoms with Crippen LogP contribution in [0.15, 0.2) is 0 Å². The first-order chi connectivity index (χ1) is 26.3. The molecule has 21 nitrogen and oxygen atoms in total. The molecular weight excluding hydrogens is 734 g/mol. The van der Waals surface area contributed by atoms with Crippen LogP contribution in [0, 0.1) is 11.8 Å². The van der Waals surface area contributed by atoms with Crippen molar-refractivity contribution in [1.29, 1.82) is 0 Å². The minimum Gasteiger partial charge on any atom is -0.480 e. The second kappa shape index (κ2) is 27.7. The Kier molecular flexibility index (Phi) is 25.2. The minimum atomic E-state index is -1.21. The van der Waals surface area contributed by atoms with E-state index in [2.05, 4.69) is 42.5 Å². The summed E-state index contributed by atoms with van der Waals surface area (Å²) in [6, 6.07) is -6.34. The maximum atomic E-state index is 13.2. The fraction of sp³-hybridized carbons (Fsp3) is 0.743. The molecular formula is C35H65N11O10. The second-order valence-corrected chi connectivity index (χ2v) is 14.0. The number of carboxylic acids is 1. The number of carbonyl (C=O) groups is 9. The monoisotopic (exact) mass is 799 g/mol. The van der Waals surface area contributed by atoms with Crippen molar-refractivity contribution in [3.8, 4) is 0 Å². The largest absolute Gasteiger partial charge is 0.480 e. The fourth-order valence-corrected chi connectivity index (χ4v) is 4.99. The highest BCUT2D eigenvalue weighted by atomic mass is 16.4. The summed E-state index contributed by atoms with van der Waals surface area (Å²) in [5.41, 5.74) is 16.8. The zero-order valence-electron chi connectivity index (χ0n) is 33.5. The summed E-state index contributed by atoms with van der Waals surface area (Å²) in [5, 5.41) is 29.0. The van der Waals surface area contributed by atoms with Crippen LogP contribution in [0.1, 0.15) is 86.5 Å². The third-order valence-corrected chi connectivity index (χ3v) is 8.68. The van der Waals surface area contributed by atoms with Gasteiger partial charge >= 0.3 is 5.97 Å². The van der Waals surface area contributed by atoms with Crippen LogP contribution in [0.5, 0.6) is 0 Å². The molecule has 0 rings (SSSR count). The first-order valence-corrected chi connectivity index (χ1v) is 19.0. The molecule has 0 bridgehead atoms. The second-order valence-electron chi connectivity index (χ2n) is 14.0. The Morgan fingerprint density at radius 3 is 1.52 bits per heavy atom. The molecule has 0 unspecified atom stereocenters. The van der Waals surface area contributed by atoms with E-state index in [1.54, 1.807) is 27.7 Å². The highest BCUT2D eigenvalue weighted by molar-refractivity contribution is 5.96. The Hall–Kier alpha value is -4.89. The van der Waals surface area contributed by atoms with Gasteiger partial charge in [0.05, 0.1) is 25.7 Å². The van der Waals surface area contributed by atoms with Crippen molar-refractivity contribution >= 4 is 53.2 Å². The average Bonchev–Trinajstić information content (AvgIpc) is 3.14. The van der Waals surface area contributed by atoms with Crippen LogP contribution < -0.4 is 59.7 Å². The van der Waals surface area contributed by atoms with Gasteiger partial charge in [-0.3, -0.25) is 38.4 Å². The van der Waals surface area contributed by atoms with Crippen LogP contribution in [0.25, 0.3) is 0 Å². The lowest BCUT2D eigenvalue weighted by Crippen LogP contribution is -2.57. The first kappa shape index (κ1) is 51.1. The van der Waals surface area contributed by atoms with Crippen molar-refractivity contribution in [2.45, 2.75) is 123 Å². The number of nitrogens with two attached hydrogens (primary N) is 3. The van der Waals surface area contributed by atoms with E-state index in [0.717, 1.165) is 0 Å². The number of aliphatic carboxylic acids is 1. The first-order valence-electron chi connectivity index (χ1n) is 19.0. The normalized spacial score (nSPS) is 14.7. The lowest BCUT2D eigenvalue weighted by molar-refractivity contribution is -0.143. The minimum absolute atomic E-state index is 0.188. The summed E-state index contributed by atoms with van der Waals surface area (Å²) in [4.78, 5) is 113. The van der Waals surface area contributed by atoms with E-state index >= 15 is 0 Å². The lowest BCUT2D eigenvalue weighted by Gasteiger charge is -2.24. The van der Waals surface area contributed by atoms with E-state index in [9.17, 15) is 48.3 Å². The average molecular weight is 800 g/mol. The van der Waals surface area contributed by atoms with Gasteiger partial charge < -0.3 is 64.8 Å². The molecule has 15 N–H and O–H groups in total. The molecule has 0 aromatic heterocycles. The number of hydrogen-bond donors (Lipinski definition) is 12. The molecule has 8 amide bonds. The molecule has 0 saturated heterocycles. The summed E-state index contributed by atoms with van der Waals surface area (Å²) in [7, 11) is 0. The lowest BCUT2D eigenvalue weighted by atomic mass is 9.99. The number of unbranched alkanes of at least 4 members (excludes halogenated alkanes) is 2. The molecule has 21 heteroatoms. The number of nitrogens with one attached hydrogen (secondary N) is 8. The van der Waals surface area contributed by atoms with Gasteiger partial charge in [-0.2, -0.15) is 0 Å². The smallest absolute Gasteiger partial charge is 0.326 e. The van der Waals surface area contributed by atoms with Gasteiger partial charge in [-0.15, -0.1) is 0 Å². The molecule has 0 aromatic carbocycles. The van der Waals surface area contributed by atoms with E-state index < -0.39 is 115 Å². The fourth-order valence-electron chi connectivity index (χ4n) is 4.99. The number of amides is 8. The molecule has 7 atom stereocenters. The van der Waals surface area contributed by atoms with Crippen molar-refractivity contribution in [2.24, 2.45) is 29.0 Å². The Morgan fingerprint density at radius 1 is 0.536 bits per heavy atom. The predicted molar refractivity (Wildman–Crippen MR) is 206 cm³/mol. The molecule has 0 fully saturated rings. The van der Waals surface area contributed by atoms with E-state index in [0.29, 0.717) is 45.2 Å². The number of carboxylic acid groups (broad SMARTS) is 1. The van der Waals surface area contributed by atoms with Crippen LogP contribution in [0.4, 0.5) is 0 Å². The van der Waals surface area contributed by atoms with E-state index in [1.807, 2.05) is 0 Å². The van der Waals surface area contributed by atoms with Gasteiger partial charge in [0.1, 0.15) is 30.2 Å². The van der Waals surface area contributed by atoms with Gasteiger partial charge in [-0.1, -0.05) is 34.1 Å². The van der Waals surface area contributed by atoms with Crippen molar-refractivity contribution in [3.05, 3.63) is 0 Å². The van der Waals surface area contributed by atoms with Crippen molar-refractivity contribution in [2.75, 3.05) is 32.7 Å². The molecule has 0 heterocycles. The van der Waals surface area contributed by atoms with Gasteiger partial charge in [0.15, 0.2) is 0 Å². The Bertz CT molecular complexity index is 1330. The van der Waals surface area contributed by atoms with E-state index in [1.165, 1.54) is 13.8 Å². The van der Waals surface area contributed by atoms with Gasteiger partial charge in [0, 0.05) is 0 Å². The highest BCUT2D eigenvalue weighted by Crippen LogP contribution is 2.08. The summed E-state index contributed by atoms with van der Waals surface area (Å²) >= 11 is 0. The Labute approximate surface area is 328 Å². The number of hydrogen-bond acceptors (Lipinski definition) is 12. The third-order valence-electron chi connectivity index (χ3n) is 8.68. The Balaban J connectivity index is 5.22. The molecule has 320 valence electrons. The van der Waals surface area contributed by atoms with Crippen molar-refractivity contribution in [3.63, 3.8) is 0 Å². The highest BCUT2D eigenvalue weighted by Gasteiger charge is 2.30. The van der Waals surface area contributed by atoms with E-state index in [-0.39, 0.29) is 18.8 Å². The molecule has 0 aliphatic heterocycles. The molecule has 56 heavy (non-hydrogen) atoms. The topological polar surface area (TPSA) is 348 Å². The van der Waals surface area contributed by atoms with Gasteiger partial charge in [0.2, 0.25) is 47.3 Å². The summed E-state index contributed by atoms with van der Waals surface area (Å²) in [5.74, 6) is -7.52. The molecule has 0 spiro atoms. The van der Waals surface area contributed by atoms with E-state index in [4.69, 9.17) is 17.2 Å². The third kappa shape index (κ3) is 20.7. The zero-order valence-corrected chi connectivity index (χ0v) is 33.5. The number of rotatable bonds is 28. The maximum Gasteiger partial charge on any atom is 0.326 e. The quantitative estimate of drug-likeness (QED) is 0.0338. The van der Waals surface area contributed by atoms with Crippen LogP contribution >= 0.6 is 0 Å². The zero-order chi connectivity index (χ0) is 43.0. The van der Waals surface area contributed by atoms with Gasteiger partial charge in [-0.25, -0.2) is 4.79 Å². The maximum absolute atomic E-state index is 13.2. The van der Waals surface area contributed by atoms with Crippen LogP contribution in [0.2, 0.25) is 0 Å². The molecule has 0 aliphatic rings. The molecule has 0 saturated carbocycles. The van der Waals surface area contributed by atoms with Gasteiger partial charge in [-0.05, 0) is 77.3 Å². The summed E-state index contributed by atoms with van der Waals surface area (Å²) < 4.78 is 0. The van der Waals surface area contributed by atoms with Crippen LogP contribution in [-0.2, 0) is 43.2 Å². The van der Waals surface area contributed by atoms with Crippen molar-refractivity contribution in [1.82, 2.24) is 42.5 Å². The summed E-state index contributed by atoms with van der Waals surface area (Å²) in [6.07, 6.45) is 3.12. The summed E-state index contributed by atoms with van der Waals surface area (Å²) in [6.45, 7) is 8.65.